The van der Waals surface area contributed by atoms with E-state index in [1.54, 1.807) is 31.2 Å². The maximum Gasteiger partial charge on any atom is 0.374 e. The van der Waals surface area contributed by atoms with Crippen molar-refractivity contribution in [3.63, 3.8) is 0 Å². The van der Waals surface area contributed by atoms with E-state index in [1.807, 2.05) is 0 Å². The van der Waals surface area contributed by atoms with Crippen LogP contribution in [0.3, 0.4) is 0 Å². The lowest BCUT2D eigenvalue weighted by Gasteiger charge is -2.02. The molecule has 1 amide bonds. The average Bonchev–Trinajstić information content (AvgIpc) is 2.64. The summed E-state index contributed by atoms with van der Waals surface area (Å²) in [6.07, 6.45) is 0. The summed E-state index contributed by atoms with van der Waals surface area (Å²) in [5, 5.41) is 1.23. The van der Waals surface area contributed by atoms with Gasteiger partial charge in [-0.2, -0.15) is 0 Å². The normalized spacial score (nSPS) is 10.1. The van der Waals surface area contributed by atoms with E-state index in [0.29, 0.717) is 26.6 Å². The molecule has 3 aromatic rings. The number of carbonyl (C=O) groups is 2. The Bertz CT molecular complexity index is 1100. The Labute approximate surface area is 169 Å². The van der Waals surface area contributed by atoms with Crippen LogP contribution in [0.15, 0.2) is 41.2 Å². The zero-order chi connectivity index (χ0) is 20.8. The smallest absolute Gasteiger partial charge is 0.374 e. The number of ether oxygens (including phenoxy) is 1. The average molecular weight is 423 g/mol. The van der Waals surface area contributed by atoms with Gasteiger partial charge in [-0.05, 0) is 43.3 Å². The molecular formula is C18H16Cl2N4O4. The molecular weight excluding hydrogens is 407 g/mol. The number of anilines is 1. The second-order valence-corrected chi connectivity index (χ2v) is 6.27. The number of aromatic amines is 1. The number of fused-ring (bicyclic) bond motifs is 1. The van der Waals surface area contributed by atoms with E-state index in [0.717, 1.165) is 0 Å². The number of H-pyrrole nitrogens is 1. The number of nitrogens with two attached hydrogens (primary N) is 2. The van der Waals surface area contributed by atoms with Crippen molar-refractivity contribution in [3.05, 3.63) is 68.2 Å². The first kappa shape index (κ1) is 21.2. The third kappa shape index (κ3) is 5.21. The fourth-order valence-corrected chi connectivity index (χ4v) is 2.49. The van der Waals surface area contributed by atoms with Crippen LogP contribution in [-0.2, 0) is 4.74 Å². The molecule has 0 unspecified atom stereocenters. The van der Waals surface area contributed by atoms with Crippen molar-refractivity contribution in [3.8, 4) is 0 Å². The van der Waals surface area contributed by atoms with Crippen LogP contribution in [-0.4, -0.2) is 28.5 Å². The predicted molar refractivity (Wildman–Crippen MR) is 108 cm³/mol. The lowest BCUT2D eigenvalue weighted by Crippen LogP contribution is -2.17. The molecule has 0 aliphatic rings. The Morgan fingerprint density at radius 1 is 1.14 bits per heavy atom. The number of rotatable bonds is 3. The molecule has 8 nitrogen and oxygen atoms in total. The van der Waals surface area contributed by atoms with Crippen LogP contribution in [0.1, 0.15) is 27.9 Å². The number of amides is 1. The van der Waals surface area contributed by atoms with E-state index in [1.165, 1.54) is 12.1 Å². The molecule has 0 bridgehead atoms. The van der Waals surface area contributed by atoms with Crippen molar-refractivity contribution in [2.45, 2.75) is 6.92 Å². The standard InChI is InChI=1S/C11H9ClN2O3.C7H7ClN2O/c1-2-17-11(16)9-13-8-4-3-6(12)5-7(8)10(15)14-9;8-4-1-2-6(9)5(3-4)7(10)11/h3-5H,2H2,1H3,(H,13,14,15);1-3H,9H2,(H2,10,11). The number of benzene rings is 2. The Kier molecular flexibility index (Phi) is 6.97. The molecule has 1 heterocycles. The summed E-state index contributed by atoms with van der Waals surface area (Å²) in [6.45, 7) is 1.90. The van der Waals surface area contributed by atoms with Crippen LogP contribution < -0.4 is 17.0 Å². The highest BCUT2D eigenvalue weighted by Crippen LogP contribution is 2.17. The van der Waals surface area contributed by atoms with Crippen LogP contribution >= 0.6 is 23.2 Å². The molecule has 3 rings (SSSR count). The first-order valence-corrected chi connectivity index (χ1v) is 8.70. The number of hydrogen-bond donors (Lipinski definition) is 3. The summed E-state index contributed by atoms with van der Waals surface area (Å²) in [5.74, 6) is -1.32. The SMILES string of the molecule is CCOC(=O)c1nc2ccc(Cl)cc2c(=O)[nH]1.NC(=O)c1cc(Cl)ccc1N. The molecule has 10 heteroatoms. The van der Waals surface area contributed by atoms with Crippen LogP contribution in [0.2, 0.25) is 10.0 Å². The van der Waals surface area contributed by atoms with Gasteiger partial charge in [0.2, 0.25) is 5.82 Å². The zero-order valence-corrected chi connectivity index (χ0v) is 16.2. The lowest BCUT2D eigenvalue weighted by molar-refractivity contribution is 0.0512. The van der Waals surface area contributed by atoms with Gasteiger partial charge >= 0.3 is 5.97 Å². The molecule has 0 radical (unpaired) electrons. The van der Waals surface area contributed by atoms with Gasteiger partial charge in [-0.3, -0.25) is 9.59 Å². The molecule has 1 aromatic heterocycles. The van der Waals surface area contributed by atoms with Crippen LogP contribution in [0.4, 0.5) is 5.69 Å². The molecule has 0 aliphatic carbocycles. The number of carbonyl (C=O) groups excluding carboxylic acids is 2. The van der Waals surface area contributed by atoms with Crippen molar-refractivity contribution in [1.82, 2.24) is 9.97 Å². The van der Waals surface area contributed by atoms with Crippen molar-refractivity contribution in [2.24, 2.45) is 5.73 Å². The van der Waals surface area contributed by atoms with Gasteiger partial charge in [-0.15, -0.1) is 0 Å². The Morgan fingerprint density at radius 3 is 2.39 bits per heavy atom. The van der Waals surface area contributed by atoms with Crippen molar-refractivity contribution < 1.29 is 14.3 Å². The maximum atomic E-state index is 11.7. The number of primary amides is 1. The van der Waals surface area contributed by atoms with Gasteiger partial charge in [0.1, 0.15) is 0 Å². The maximum absolute atomic E-state index is 11.7. The van der Waals surface area contributed by atoms with Crippen LogP contribution in [0.25, 0.3) is 10.9 Å². The number of hydrogen-bond acceptors (Lipinski definition) is 6. The number of nitrogens with zero attached hydrogens (tertiary/aromatic N) is 1. The third-order valence-electron chi connectivity index (χ3n) is 3.42. The van der Waals surface area contributed by atoms with Gasteiger partial charge in [-0.1, -0.05) is 23.2 Å². The minimum absolute atomic E-state index is 0.105. The topological polar surface area (TPSA) is 141 Å². The van der Waals surface area contributed by atoms with Crippen LogP contribution in [0.5, 0.6) is 0 Å². The third-order valence-corrected chi connectivity index (χ3v) is 3.89. The van der Waals surface area contributed by atoms with Gasteiger partial charge in [-0.25, -0.2) is 9.78 Å². The highest BCUT2D eigenvalue weighted by atomic mass is 35.5. The molecule has 0 spiro atoms. The summed E-state index contributed by atoms with van der Waals surface area (Å²) in [7, 11) is 0. The summed E-state index contributed by atoms with van der Waals surface area (Å²) in [4.78, 5) is 40.2. The van der Waals surface area contributed by atoms with E-state index in [9.17, 15) is 14.4 Å². The van der Waals surface area contributed by atoms with Gasteiger partial charge in [0.15, 0.2) is 0 Å². The summed E-state index contributed by atoms with van der Waals surface area (Å²) >= 11 is 11.4. The van der Waals surface area contributed by atoms with E-state index >= 15 is 0 Å². The van der Waals surface area contributed by atoms with Gasteiger partial charge in [0.25, 0.3) is 11.5 Å². The number of aromatic nitrogens is 2. The van der Waals surface area contributed by atoms with Gasteiger partial charge in [0.05, 0.1) is 23.1 Å². The summed E-state index contributed by atoms with van der Waals surface area (Å²) in [6, 6.07) is 9.27. The van der Waals surface area contributed by atoms with Crippen molar-refractivity contribution >= 4 is 51.7 Å². The fourth-order valence-electron chi connectivity index (χ4n) is 2.15. The summed E-state index contributed by atoms with van der Waals surface area (Å²) in [5.41, 5.74) is 11.0. The quantitative estimate of drug-likeness (QED) is 0.437. The van der Waals surface area contributed by atoms with Crippen molar-refractivity contribution in [2.75, 3.05) is 12.3 Å². The summed E-state index contributed by atoms with van der Waals surface area (Å²) < 4.78 is 4.76. The lowest BCUT2D eigenvalue weighted by atomic mass is 10.2. The number of esters is 1. The Hall–Kier alpha value is -3.10. The molecule has 28 heavy (non-hydrogen) atoms. The van der Waals surface area contributed by atoms with E-state index in [2.05, 4.69) is 9.97 Å². The highest BCUT2D eigenvalue weighted by Gasteiger charge is 2.12. The fraction of sp³-hybridized carbons (Fsp3) is 0.111. The van der Waals surface area contributed by atoms with E-state index < -0.39 is 17.4 Å². The monoisotopic (exact) mass is 422 g/mol. The first-order chi connectivity index (χ1) is 13.2. The Balaban J connectivity index is 0.000000221. The first-order valence-electron chi connectivity index (χ1n) is 7.94. The van der Waals surface area contributed by atoms with E-state index in [-0.39, 0.29) is 18.0 Å². The molecule has 0 saturated heterocycles. The predicted octanol–water partition coefficient (Wildman–Crippen LogP) is 2.77. The second kappa shape index (κ2) is 9.20. The zero-order valence-electron chi connectivity index (χ0n) is 14.7. The molecule has 146 valence electrons. The molecule has 5 N–H and O–H groups in total. The number of nitrogens with one attached hydrogen (secondary N) is 1. The highest BCUT2D eigenvalue weighted by molar-refractivity contribution is 6.31. The molecule has 0 atom stereocenters. The molecule has 0 aliphatic heterocycles. The minimum atomic E-state index is -0.651. The molecule has 2 aromatic carbocycles. The largest absolute Gasteiger partial charge is 0.460 e. The number of nitrogen functional groups attached to an aromatic ring is 1. The molecule has 0 saturated carbocycles. The minimum Gasteiger partial charge on any atom is -0.460 e. The van der Waals surface area contributed by atoms with E-state index in [4.69, 9.17) is 39.4 Å². The second-order valence-electron chi connectivity index (χ2n) is 5.39. The van der Waals surface area contributed by atoms with Gasteiger partial charge < -0.3 is 21.2 Å². The van der Waals surface area contributed by atoms with Gasteiger partial charge in [0, 0.05) is 15.7 Å². The van der Waals surface area contributed by atoms with Crippen LogP contribution in [0, 0.1) is 0 Å². The Morgan fingerprint density at radius 2 is 1.79 bits per heavy atom. The van der Waals surface area contributed by atoms with Crippen molar-refractivity contribution in [1.29, 1.82) is 0 Å². The molecule has 0 fully saturated rings. The number of halogens is 2.